The predicted molar refractivity (Wildman–Crippen MR) is 159 cm³/mol. The van der Waals surface area contributed by atoms with E-state index in [9.17, 15) is 4.79 Å². The minimum absolute atomic E-state index is 0.167. The lowest BCUT2D eigenvalue weighted by molar-refractivity contribution is -0.128. The Kier molecular flexibility index (Phi) is 7.94. The van der Waals surface area contributed by atoms with Gasteiger partial charge >= 0.3 is 6.01 Å². The van der Waals surface area contributed by atoms with Gasteiger partial charge < -0.3 is 29.0 Å². The Morgan fingerprint density at radius 1 is 1.19 bits per heavy atom. The summed E-state index contributed by atoms with van der Waals surface area (Å²) in [4.78, 5) is 31.9. The van der Waals surface area contributed by atoms with Gasteiger partial charge in [-0.25, -0.2) is 11.0 Å². The molecule has 9 nitrogen and oxygen atoms in total. The predicted octanol–water partition coefficient (Wildman–Crippen LogP) is 4.40. The standard InChI is InChI=1S/C32H35FN6O3/c1-4-29(40)39-16-15-38(18-23(39)17-34-3)31-25-13-14-37(28-10-6-8-22-7-5-9-26(33)30(22)28)19-27(25)35-32(36-31)42-21(2)20-41-24-11-12-24/h4-10,21,23-24H,1,11-20H2,2H3/t21-,23-/m0/s1. The van der Waals surface area contributed by atoms with Gasteiger partial charge in [0.2, 0.25) is 12.5 Å². The van der Waals surface area contributed by atoms with Gasteiger partial charge in [-0.15, -0.1) is 0 Å². The summed E-state index contributed by atoms with van der Waals surface area (Å²) in [5.41, 5.74) is 2.68. The lowest BCUT2D eigenvalue weighted by atomic mass is 10.0. The Morgan fingerprint density at radius 2 is 2.00 bits per heavy atom. The number of amides is 1. The van der Waals surface area contributed by atoms with E-state index in [4.69, 9.17) is 26.0 Å². The normalized spacial score (nSPS) is 19.3. The molecular weight excluding hydrogens is 535 g/mol. The summed E-state index contributed by atoms with van der Waals surface area (Å²) < 4.78 is 27.1. The molecule has 1 aromatic heterocycles. The fourth-order valence-corrected chi connectivity index (χ4v) is 5.89. The smallest absolute Gasteiger partial charge is 0.319 e. The molecule has 0 N–H and O–H groups in total. The van der Waals surface area contributed by atoms with Crippen molar-refractivity contribution in [2.24, 2.45) is 0 Å². The van der Waals surface area contributed by atoms with Crippen molar-refractivity contribution in [2.45, 2.75) is 51.0 Å². The Labute approximate surface area is 245 Å². The van der Waals surface area contributed by atoms with Crippen molar-refractivity contribution in [3.63, 3.8) is 0 Å². The van der Waals surface area contributed by atoms with Gasteiger partial charge in [-0.05, 0) is 49.8 Å². The third-order valence-electron chi connectivity index (χ3n) is 8.13. The number of carbonyl (C=O) groups excluding carboxylic acids is 1. The maximum atomic E-state index is 15.0. The van der Waals surface area contributed by atoms with Gasteiger partial charge in [-0.1, -0.05) is 30.8 Å². The molecule has 2 fully saturated rings. The van der Waals surface area contributed by atoms with E-state index in [0.717, 1.165) is 41.0 Å². The van der Waals surface area contributed by atoms with Crippen LogP contribution in [-0.2, 0) is 22.5 Å². The molecule has 2 aromatic carbocycles. The lowest BCUT2D eigenvalue weighted by Gasteiger charge is -2.41. The number of halogens is 1. The molecule has 0 bridgehead atoms. The molecule has 218 valence electrons. The highest BCUT2D eigenvalue weighted by molar-refractivity contribution is 5.95. The molecule has 1 amide bonds. The lowest BCUT2D eigenvalue weighted by Crippen LogP contribution is -2.56. The summed E-state index contributed by atoms with van der Waals surface area (Å²) >= 11 is 0. The number of benzene rings is 2. The summed E-state index contributed by atoms with van der Waals surface area (Å²) in [5.74, 6) is 0.359. The zero-order chi connectivity index (χ0) is 29.2. The molecular formula is C32H35FN6O3. The topological polar surface area (TPSA) is 75.4 Å². The van der Waals surface area contributed by atoms with E-state index in [1.54, 1.807) is 11.0 Å². The minimum atomic E-state index is -0.277. The van der Waals surface area contributed by atoms with Crippen LogP contribution in [0.15, 0.2) is 49.1 Å². The van der Waals surface area contributed by atoms with Gasteiger partial charge in [0.1, 0.15) is 23.8 Å². The van der Waals surface area contributed by atoms with E-state index in [1.807, 2.05) is 31.2 Å². The molecule has 3 heterocycles. The maximum Gasteiger partial charge on any atom is 0.319 e. The Balaban J connectivity index is 1.33. The Bertz CT molecular complexity index is 1530. The molecule has 3 aliphatic rings. The third-order valence-corrected chi connectivity index (χ3v) is 8.13. The first-order chi connectivity index (χ1) is 20.4. The maximum absolute atomic E-state index is 15.0. The van der Waals surface area contributed by atoms with Crippen LogP contribution in [-0.4, -0.2) is 78.4 Å². The molecule has 2 aliphatic heterocycles. The van der Waals surface area contributed by atoms with Crippen LogP contribution >= 0.6 is 0 Å². The van der Waals surface area contributed by atoms with Crippen LogP contribution in [0, 0.1) is 12.4 Å². The summed E-state index contributed by atoms with van der Waals surface area (Å²) in [5, 5.41) is 1.46. The molecule has 0 spiro atoms. The van der Waals surface area contributed by atoms with Gasteiger partial charge in [0.05, 0.1) is 24.9 Å². The number of hydrogen-bond acceptors (Lipinski definition) is 7. The fraction of sp³-hybridized carbons (Fsp3) is 0.438. The largest absolute Gasteiger partial charge is 0.458 e. The number of anilines is 2. The van der Waals surface area contributed by atoms with Crippen molar-refractivity contribution in [3.05, 3.63) is 77.5 Å². The number of fused-ring (bicyclic) bond motifs is 2. The zero-order valence-corrected chi connectivity index (χ0v) is 23.8. The first-order valence-electron chi connectivity index (χ1n) is 14.6. The van der Waals surface area contributed by atoms with Crippen LogP contribution in [0.5, 0.6) is 6.01 Å². The highest BCUT2D eigenvalue weighted by Crippen LogP contribution is 2.36. The second kappa shape index (κ2) is 11.9. The second-order valence-corrected chi connectivity index (χ2v) is 11.2. The molecule has 10 heteroatoms. The van der Waals surface area contributed by atoms with Gasteiger partial charge in [0.15, 0.2) is 0 Å². The highest BCUT2D eigenvalue weighted by atomic mass is 19.1. The number of ether oxygens (including phenoxy) is 2. The van der Waals surface area contributed by atoms with Crippen LogP contribution in [0.1, 0.15) is 31.0 Å². The van der Waals surface area contributed by atoms with Crippen molar-refractivity contribution in [1.29, 1.82) is 0 Å². The number of nitrogens with zero attached hydrogens (tertiary/aromatic N) is 6. The number of carbonyl (C=O) groups is 1. The molecule has 1 saturated carbocycles. The molecule has 3 aromatic rings. The van der Waals surface area contributed by atoms with Crippen LogP contribution in [0.2, 0.25) is 0 Å². The number of aromatic nitrogens is 2. The van der Waals surface area contributed by atoms with E-state index in [1.165, 1.54) is 12.1 Å². The average molecular weight is 571 g/mol. The summed E-state index contributed by atoms with van der Waals surface area (Å²) in [6.07, 6.45) is 4.22. The monoisotopic (exact) mass is 570 g/mol. The van der Waals surface area contributed by atoms with Crippen molar-refractivity contribution < 1.29 is 18.7 Å². The molecule has 1 saturated heterocycles. The molecule has 42 heavy (non-hydrogen) atoms. The molecule has 1 aliphatic carbocycles. The van der Waals surface area contributed by atoms with Gasteiger partial charge in [0, 0.05) is 42.8 Å². The van der Waals surface area contributed by atoms with E-state index < -0.39 is 0 Å². The quantitative estimate of drug-likeness (QED) is 0.279. The first-order valence-corrected chi connectivity index (χ1v) is 14.6. The van der Waals surface area contributed by atoms with Crippen molar-refractivity contribution in [1.82, 2.24) is 14.9 Å². The number of piperazine rings is 1. The molecule has 0 radical (unpaired) electrons. The molecule has 0 unspecified atom stereocenters. The van der Waals surface area contributed by atoms with Gasteiger partial charge in [-0.3, -0.25) is 4.79 Å². The fourth-order valence-electron chi connectivity index (χ4n) is 5.89. The number of rotatable bonds is 9. The van der Waals surface area contributed by atoms with Gasteiger partial charge in [-0.2, -0.15) is 9.97 Å². The first kappa shape index (κ1) is 27.9. The van der Waals surface area contributed by atoms with Crippen LogP contribution in [0.3, 0.4) is 0 Å². The van der Waals surface area contributed by atoms with E-state index in [2.05, 4.69) is 21.2 Å². The minimum Gasteiger partial charge on any atom is -0.458 e. The van der Waals surface area contributed by atoms with Crippen LogP contribution < -0.4 is 14.5 Å². The van der Waals surface area contributed by atoms with E-state index in [0.29, 0.717) is 57.2 Å². The highest BCUT2D eigenvalue weighted by Gasteiger charge is 2.35. The summed E-state index contributed by atoms with van der Waals surface area (Å²) in [6.45, 7) is 16.3. The summed E-state index contributed by atoms with van der Waals surface area (Å²) in [7, 11) is 0. The zero-order valence-electron chi connectivity index (χ0n) is 23.8. The SMILES string of the molecule is [C-]#[N+]C[C@H]1CN(c2nc(O[C@@H](C)COC3CC3)nc3c2CCN(c2cccc4cccc(F)c24)C3)CCN1C(=O)C=C. The Hall–Kier alpha value is -4.23. The van der Waals surface area contributed by atoms with E-state index >= 15 is 4.39 Å². The van der Waals surface area contributed by atoms with Crippen LogP contribution in [0.25, 0.3) is 15.6 Å². The number of hydrogen-bond donors (Lipinski definition) is 0. The van der Waals surface area contributed by atoms with Crippen molar-refractivity contribution in [3.8, 4) is 6.01 Å². The van der Waals surface area contributed by atoms with Gasteiger partial charge in [0.25, 0.3) is 0 Å². The third kappa shape index (κ3) is 5.74. The van der Waals surface area contributed by atoms with E-state index in [-0.39, 0.29) is 36.4 Å². The van der Waals surface area contributed by atoms with Crippen molar-refractivity contribution >= 4 is 28.2 Å². The second-order valence-electron chi connectivity index (χ2n) is 11.2. The Morgan fingerprint density at radius 3 is 2.76 bits per heavy atom. The average Bonchev–Trinajstić information content (AvgIpc) is 3.84. The van der Waals surface area contributed by atoms with Crippen molar-refractivity contribution in [2.75, 3.05) is 49.1 Å². The molecule has 2 atom stereocenters. The van der Waals surface area contributed by atoms with Crippen LogP contribution in [0.4, 0.5) is 15.9 Å². The molecule has 6 rings (SSSR count). The summed E-state index contributed by atoms with van der Waals surface area (Å²) in [6, 6.07) is 11.0.